The van der Waals surface area contributed by atoms with Gasteiger partial charge in [0, 0.05) is 19.7 Å². The standard InChI is InChI=1S/C11H17N3O2S/c1-7-9(17-11(12)13-7)10(16)14-4-2-8(6-15)3-5-14/h8,15H,2-6H2,1H3,(H2,12,13). The van der Waals surface area contributed by atoms with Crippen LogP contribution >= 0.6 is 11.3 Å². The molecule has 0 bridgehead atoms. The van der Waals surface area contributed by atoms with Gasteiger partial charge in [-0.25, -0.2) is 4.98 Å². The van der Waals surface area contributed by atoms with E-state index in [1.54, 1.807) is 6.92 Å². The SMILES string of the molecule is Cc1nc(N)sc1C(=O)N1CCC(CO)CC1. The predicted octanol–water partition coefficient (Wildman–Crippen LogP) is 0.878. The van der Waals surface area contributed by atoms with E-state index in [1.165, 1.54) is 11.3 Å². The highest BCUT2D eigenvalue weighted by atomic mass is 32.1. The molecule has 1 fully saturated rings. The number of nitrogens with zero attached hydrogens (tertiary/aromatic N) is 2. The Bertz CT molecular complexity index is 411. The van der Waals surface area contributed by atoms with E-state index < -0.39 is 0 Å². The summed E-state index contributed by atoms with van der Waals surface area (Å²) < 4.78 is 0. The quantitative estimate of drug-likeness (QED) is 0.822. The van der Waals surface area contributed by atoms with Gasteiger partial charge in [-0.05, 0) is 25.7 Å². The summed E-state index contributed by atoms with van der Waals surface area (Å²) in [5.41, 5.74) is 6.30. The third kappa shape index (κ3) is 2.58. The second-order valence-electron chi connectivity index (χ2n) is 4.38. The van der Waals surface area contributed by atoms with Gasteiger partial charge in [-0.3, -0.25) is 4.79 Å². The summed E-state index contributed by atoms with van der Waals surface area (Å²) in [7, 11) is 0. The fourth-order valence-electron chi connectivity index (χ4n) is 2.08. The smallest absolute Gasteiger partial charge is 0.265 e. The molecule has 1 aliphatic rings. The number of carbonyl (C=O) groups excluding carboxylic acids is 1. The fraction of sp³-hybridized carbons (Fsp3) is 0.636. The minimum atomic E-state index is 0.0214. The Balaban J connectivity index is 2.04. The molecule has 0 atom stereocenters. The summed E-state index contributed by atoms with van der Waals surface area (Å²) in [6.07, 6.45) is 1.74. The lowest BCUT2D eigenvalue weighted by Gasteiger charge is -2.30. The molecule has 1 aliphatic heterocycles. The highest BCUT2D eigenvalue weighted by Crippen LogP contribution is 2.24. The number of carbonyl (C=O) groups is 1. The maximum absolute atomic E-state index is 12.2. The van der Waals surface area contributed by atoms with Gasteiger partial charge in [-0.1, -0.05) is 11.3 Å². The Labute approximate surface area is 104 Å². The average molecular weight is 255 g/mol. The molecule has 1 aromatic rings. The first-order chi connectivity index (χ1) is 8.11. The molecular weight excluding hydrogens is 238 g/mol. The van der Waals surface area contributed by atoms with Crippen molar-refractivity contribution in [2.45, 2.75) is 19.8 Å². The lowest BCUT2D eigenvalue weighted by atomic mass is 9.98. The number of aliphatic hydroxyl groups excluding tert-OH is 1. The van der Waals surface area contributed by atoms with Gasteiger partial charge in [0.15, 0.2) is 5.13 Å². The van der Waals surface area contributed by atoms with Gasteiger partial charge in [0.2, 0.25) is 0 Å². The minimum Gasteiger partial charge on any atom is -0.396 e. The van der Waals surface area contributed by atoms with Gasteiger partial charge >= 0.3 is 0 Å². The van der Waals surface area contributed by atoms with Crippen molar-refractivity contribution in [1.82, 2.24) is 9.88 Å². The zero-order valence-corrected chi connectivity index (χ0v) is 10.7. The molecule has 94 valence electrons. The van der Waals surface area contributed by atoms with Gasteiger partial charge in [-0.2, -0.15) is 0 Å². The van der Waals surface area contributed by atoms with E-state index in [0.29, 0.717) is 34.7 Å². The van der Waals surface area contributed by atoms with E-state index in [2.05, 4.69) is 4.98 Å². The number of nitrogen functional groups attached to an aromatic ring is 1. The largest absolute Gasteiger partial charge is 0.396 e. The Kier molecular flexibility index (Phi) is 3.63. The van der Waals surface area contributed by atoms with Crippen LogP contribution in [0.4, 0.5) is 5.13 Å². The van der Waals surface area contributed by atoms with Gasteiger partial charge in [0.1, 0.15) is 4.88 Å². The lowest BCUT2D eigenvalue weighted by molar-refractivity contribution is 0.0654. The molecule has 0 unspecified atom stereocenters. The van der Waals surface area contributed by atoms with E-state index in [-0.39, 0.29) is 12.5 Å². The van der Waals surface area contributed by atoms with Gasteiger partial charge in [-0.15, -0.1) is 0 Å². The molecule has 0 aliphatic carbocycles. The number of thiazole rings is 1. The van der Waals surface area contributed by atoms with Crippen molar-refractivity contribution < 1.29 is 9.90 Å². The summed E-state index contributed by atoms with van der Waals surface area (Å²) in [5.74, 6) is 0.361. The number of rotatable bonds is 2. The van der Waals surface area contributed by atoms with Gasteiger partial charge < -0.3 is 15.7 Å². The summed E-state index contributed by atoms with van der Waals surface area (Å²) in [6, 6.07) is 0. The number of likely N-dealkylation sites (tertiary alicyclic amines) is 1. The van der Waals surface area contributed by atoms with Crippen molar-refractivity contribution >= 4 is 22.4 Å². The Morgan fingerprint density at radius 1 is 1.59 bits per heavy atom. The monoisotopic (exact) mass is 255 g/mol. The van der Waals surface area contributed by atoms with E-state index >= 15 is 0 Å². The van der Waals surface area contributed by atoms with Crippen molar-refractivity contribution in [3.63, 3.8) is 0 Å². The third-order valence-corrected chi connectivity index (χ3v) is 4.14. The van der Waals surface area contributed by atoms with Crippen LogP contribution in [0.2, 0.25) is 0 Å². The predicted molar refractivity (Wildman–Crippen MR) is 67.0 cm³/mol. The van der Waals surface area contributed by atoms with Crippen molar-refractivity contribution in [3.8, 4) is 0 Å². The minimum absolute atomic E-state index is 0.0214. The average Bonchev–Trinajstić information content (AvgIpc) is 2.68. The van der Waals surface area contributed by atoms with Crippen LogP contribution in [0.5, 0.6) is 0 Å². The molecule has 3 N–H and O–H groups in total. The molecular formula is C11H17N3O2S. The van der Waals surface area contributed by atoms with E-state index in [1.807, 2.05) is 4.90 Å². The number of anilines is 1. The molecule has 6 heteroatoms. The van der Waals surface area contributed by atoms with Crippen molar-refractivity contribution in [3.05, 3.63) is 10.6 Å². The third-order valence-electron chi connectivity index (χ3n) is 3.17. The first-order valence-electron chi connectivity index (χ1n) is 5.75. The van der Waals surface area contributed by atoms with E-state index in [4.69, 9.17) is 10.8 Å². The number of hydrogen-bond acceptors (Lipinski definition) is 5. The zero-order valence-electron chi connectivity index (χ0n) is 9.85. The molecule has 1 amide bonds. The number of amides is 1. The summed E-state index contributed by atoms with van der Waals surface area (Å²) in [4.78, 5) is 18.7. The number of aromatic nitrogens is 1. The van der Waals surface area contributed by atoms with Crippen molar-refractivity contribution in [2.75, 3.05) is 25.4 Å². The number of hydrogen-bond donors (Lipinski definition) is 2. The zero-order chi connectivity index (χ0) is 12.4. The summed E-state index contributed by atoms with van der Waals surface area (Å²) >= 11 is 1.25. The number of aliphatic hydroxyl groups is 1. The fourth-order valence-corrected chi connectivity index (χ4v) is 2.88. The Morgan fingerprint density at radius 3 is 2.71 bits per heavy atom. The molecule has 0 aromatic carbocycles. The van der Waals surface area contributed by atoms with Gasteiger partial charge in [0.05, 0.1) is 5.69 Å². The van der Waals surface area contributed by atoms with Crippen LogP contribution in [0.3, 0.4) is 0 Å². The Hall–Kier alpha value is -1.14. The van der Waals surface area contributed by atoms with Crippen molar-refractivity contribution in [2.24, 2.45) is 5.92 Å². The second kappa shape index (κ2) is 5.01. The molecule has 0 radical (unpaired) electrons. The van der Waals surface area contributed by atoms with Crippen LogP contribution in [0.1, 0.15) is 28.2 Å². The molecule has 2 heterocycles. The van der Waals surface area contributed by atoms with Crippen LogP contribution in [-0.4, -0.2) is 40.6 Å². The lowest BCUT2D eigenvalue weighted by Crippen LogP contribution is -2.39. The highest BCUT2D eigenvalue weighted by Gasteiger charge is 2.25. The number of piperidine rings is 1. The summed E-state index contributed by atoms with van der Waals surface area (Å²) in [6.45, 7) is 3.44. The molecule has 17 heavy (non-hydrogen) atoms. The molecule has 5 nitrogen and oxygen atoms in total. The summed E-state index contributed by atoms with van der Waals surface area (Å²) in [5, 5.41) is 9.49. The molecule has 0 spiro atoms. The van der Waals surface area contributed by atoms with Crippen LogP contribution in [0.25, 0.3) is 0 Å². The first kappa shape index (κ1) is 12.3. The van der Waals surface area contributed by atoms with E-state index in [9.17, 15) is 4.79 Å². The highest BCUT2D eigenvalue weighted by molar-refractivity contribution is 7.17. The first-order valence-corrected chi connectivity index (χ1v) is 6.56. The van der Waals surface area contributed by atoms with Gasteiger partial charge in [0.25, 0.3) is 5.91 Å². The van der Waals surface area contributed by atoms with E-state index in [0.717, 1.165) is 12.8 Å². The number of nitrogens with two attached hydrogens (primary N) is 1. The molecule has 0 saturated carbocycles. The van der Waals surface area contributed by atoms with Crippen LogP contribution in [0.15, 0.2) is 0 Å². The normalized spacial score (nSPS) is 17.4. The maximum atomic E-state index is 12.2. The topological polar surface area (TPSA) is 79.5 Å². The molecule has 2 rings (SSSR count). The Morgan fingerprint density at radius 2 is 2.24 bits per heavy atom. The second-order valence-corrected chi connectivity index (χ2v) is 5.42. The molecule has 1 saturated heterocycles. The van der Waals surface area contributed by atoms with Crippen LogP contribution in [-0.2, 0) is 0 Å². The molecule has 1 aromatic heterocycles. The van der Waals surface area contributed by atoms with Crippen LogP contribution in [0, 0.1) is 12.8 Å². The maximum Gasteiger partial charge on any atom is 0.265 e. The number of aryl methyl sites for hydroxylation is 1. The van der Waals surface area contributed by atoms with Crippen LogP contribution < -0.4 is 5.73 Å². The van der Waals surface area contributed by atoms with Crippen molar-refractivity contribution in [1.29, 1.82) is 0 Å².